The number of hydrogen-bond donors (Lipinski definition) is 2. The number of amidine groups is 1. The van der Waals surface area contributed by atoms with Crippen molar-refractivity contribution in [2.45, 2.75) is 26.0 Å². The molecule has 0 spiro atoms. The smallest absolute Gasteiger partial charge is 0.170 e. The third-order valence-electron chi connectivity index (χ3n) is 2.81. The van der Waals surface area contributed by atoms with Crippen LogP contribution in [0.1, 0.15) is 31.4 Å². The fourth-order valence-electron chi connectivity index (χ4n) is 1.45. The molecule has 0 bridgehead atoms. The molecule has 0 saturated carbocycles. The molecule has 0 heterocycles. The highest BCUT2D eigenvalue weighted by molar-refractivity contribution is 7.98. The zero-order valence-corrected chi connectivity index (χ0v) is 11.5. The summed E-state index contributed by atoms with van der Waals surface area (Å²) in [6, 6.07) is 4.38. The van der Waals surface area contributed by atoms with E-state index in [1.54, 1.807) is 17.8 Å². The number of halogens is 1. The number of thioether (sulfide) groups is 1. The first-order valence-corrected chi connectivity index (χ1v) is 7.08. The molecule has 0 saturated heterocycles. The summed E-state index contributed by atoms with van der Waals surface area (Å²) in [5, 5.41) is 11.6. The van der Waals surface area contributed by atoms with Crippen LogP contribution in [0.15, 0.2) is 23.4 Å². The van der Waals surface area contributed by atoms with Crippen molar-refractivity contribution >= 4 is 17.6 Å². The Bertz CT molecular complexity index is 423. The highest BCUT2D eigenvalue weighted by atomic mass is 32.2. The van der Waals surface area contributed by atoms with E-state index in [9.17, 15) is 4.39 Å². The largest absolute Gasteiger partial charge is 0.409 e. The Labute approximate surface area is 111 Å². The molecule has 1 unspecified atom stereocenters. The summed E-state index contributed by atoms with van der Waals surface area (Å²) in [5.41, 5.74) is 6.90. The molecule has 18 heavy (non-hydrogen) atoms. The van der Waals surface area contributed by atoms with Crippen LogP contribution in [0, 0.1) is 11.7 Å². The SMILES string of the molecule is CCC(C)CSCc1ccc(F)cc1/C(N)=N/O. The third kappa shape index (κ3) is 4.22. The van der Waals surface area contributed by atoms with Crippen molar-refractivity contribution in [1.82, 2.24) is 0 Å². The molecular weight excluding hydrogens is 251 g/mol. The van der Waals surface area contributed by atoms with Crippen LogP contribution in [0.2, 0.25) is 0 Å². The van der Waals surface area contributed by atoms with E-state index in [0.29, 0.717) is 11.5 Å². The minimum Gasteiger partial charge on any atom is -0.409 e. The standard InChI is InChI=1S/C13H19FN2OS/c1-3-9(2)7-18-8-10-4-5-11(14)6-12(10)13(15)16-17/h4-6,9,17H,3,7-8H2,1-2H3,(H2,15,16). The van der Waals surface area contributed by atoms with E-state index in [4.69, 9.17) is 10.9 Å². The van der Waals surface area contributed by atoms with Crippen LogP contribution in [-0.2, 0) is 5.75 Å². The molecule has 3 N–H and O–H groups in total. The Balaban J connectivity index is 2.76. The topological polar surface area (TPSA) is 58.6 Å². The third-order valence-corrected chi connectivity index (χ3v) is 4.13. The summed E-state index contributed by atoms with van der Waals surface area (Å²) in [7, 11) is 0. The predicted molar refractivity (Wildman–Crippen MR) is 74.5 cm³/mol. The molecule has 1 aromatic rings. The maximum atomic E-state index is 13.1. The Morgan fingerprint density at radius 1 is 1.56 bits per heavy atom. The molecule has 0 aliphatic carbocycles. The van der Waals surface area contributed by atoms with Gasteiger partial charge in [-0.1, -0.05) is 31.5 Å². The zero-order chi connectivity index (χ0) is 13.5. The Morgan fingerprint density at radius 3 is 2.89 bits per heavy atom. The fourth-order valence-corrected chi connectivity index (χ4v) is 2.68. The molecule has 0 aromatic heterocycles. The van der Waals surface area contributed by atoms with E-state index in [-0.39, 0.29) is 11.7 Å². The van der Waals surface area contributed by atoms with E-state index in [0.717, 1.165) is 23.5 Å². The zero-order valence-electron chi connectivity index (χ0n) is 10.7. The average molecular weight is 270 g/mol. The number of rotatable bonds is 6. The van der Waals surface area contributed by atoms with Gasteiger partial charge < -0.3 is 10.9 Å². The van der Waals surface area contributed by atoms with Crippen LogP contribution in [0.3, 0.4) is 0 Å². The van der Waals surface area contributed by atoms with Gasteiger partial charge in [0.25, 0.3) is 0 Å². The van der Waals surface area contributed by atoms with Crippen molar-refractivity contribution in [3.8, 4) is 0 Å². The molecule has 1 atom stereocenters. The molecule has 5 heteroatoms. The van der Waals surface area contributed by atoms with E-state index in [2.05, 4.69) is 19.0 Å². The molecule has 3 nitrogen and oxygen atoms in total. The first-order chi connectivity index (χ1) is 8.58. The minimum absolute atomic E-state index is 0.0476. The summed E-state index contributed by atoms with van der Waals surface area (Å²) in [5.74, 6) is 2.00. The van der Waals surface area contributed by atoms with E-state index in [1.165, 1.54) is 12.1 Å². The van der Waals surface area contributed by atoms with E-state index < -0.39 is 0 Å². The van der Waals surface area contributed by atoms with Gasteiger partial charge >= 0.3 is 0 Å². The van der Waals surface area contributed by atoms with Gasteiger partial charge in [0.2, 0.25) is 0 Å². The van der Waals surface area contributed by atoms with Gasteiger partial charge in [-0.05, 0) is 29.4 Å². The monoisotopic (exact) mass is 270 g/mol. The Hall–Kier alpha value is -1.23. The van der Waals surface area contributed by atoms with Crippen LogP contribution in [0.4, 0.5) is 4.39 Å². The summed E-state index contributed by atoms with van der Waals surface area (Å²) in [4.78, 5) is 0. The summed E-state index contributed by atoms with van der Waals surface area (Å²) in [6.45, 7) is 4.35. The van der Waals surface area contributed by atoms with Gasteiger partial charge in [0, 0.05) is 11.3 Å². The molecule has 1 aromatic carbocycles. The van der Waals surface area contributed by atoms with Gasteiger partial charge in [-0.25, -0.2) is 4.39 Å². The molecule has 0 aliphatic heterocycles. The van der Waals surface area contributed by atoms with Gasteiger partial charge in [0.1, 0.15) is 5.82 Å². The van der Waals surface area contributed by atoms with Gasteiger partial charge in [0.15, 0.2) is 5.84 Å². The molecule has 0 radical (unpaired) electrons. The van der Waals surface area contributed by atoms with Gasteiger partial charge in [0.05, 0.1) is 0 Å². The first-order valence-electron chi connectivity index (χ1n) is 5.92. The molecule has 0 amide bonds. The van der Waals surface area contributed by atoms with Crippen LogP contribution in [0.5, 0.6) is 0 Å². The number of hydrogen-bond acceptors (Lipinski definition) is 3. The summed E-state index contributed by atoms with van der Waals surface area (Å²) < 4.78 is 13.1. The molecule has 1 rings (SSSR count). The van der Waals surface area contributed by atoms with Gasteiger partial charge in [-0.15, -0.1) is 0 Å². The van der Waals surface area contributed by atoms with E-state index >= 15 is 0 Å². The van der Waals surface area contributed by atoms with E-state index in [1.807, 2.05) is 0 Å². The van der Waals surface area contributed by atoms with Crippen molar-refractivity contribution < 1.29 is 9.60 Å². The van der Waals surface area contributed by atoms with Crippen molar-refractivity contribution in [1.29, 1.82) is 0 Å². The lowest BCUT2D eigenvalue weighted by Crippen LogP contribution is -2.15. The lowest BCUT2D eigenvalue weighted by Gasteiger charge is -2.10. The second-order valence-corrected chi connectivity index (χ2v) is 5.35. The maximum absolute atomic E-state index is 13.1. The molecule has 100 valence electrons. The average Bonchev–Trinajstić information content (AvgIpc) is 2.39. The van der Waals surface area contributed by atoms with Crippen molar-refractivity contribution in [2.75, 3.05) is 5.75 Å². The Kier molecular flexibility index (Phi) is 5.98. The van der Waals surface area contributed by atoms with Crippen LogP contribution < -0.4 is 5.73 Å². The Morgan fingerprint density at radius 2 is 2.28 bits per heavy atom. The first kappa shape index (κ1) is 14.8. The van der Waals surface area contributed by atoms with Crippen LogP contribution in [-0.4, -0.2) is 16.8 Å². The number of nitrogens with zero attached hydrogens (tertiary/aromatic N) is 1. The highest BCUT2D eigenvalue weighted by Gasteiger charge is 2.09. The van der Waals surface area contributed by atoms with Crippen molar-refractivity contribution in [3.63, 3.8) is 0 Å². The summed E-state index contributed by atoms with van der Waals surface area (Å²) >= 11 is 1.77. The lowest BCUT2D eigenvalue weighted by atomic mass is 10.1. The number of benzene rings is 1. The molecule has 0 fully saturated rings. The second-order valence-electron chi connectivity index (χ2n) is 4.32. The summed E-state index contributed by atoms with van der Waals surface area (Å²) in [6.07, 6.45) is 1.14. The molecule has 0 aliphatic rings. The second kappa shape index (κ2) is 7.26. The number of nitrogens with two attached hydrogens (primary N) is 1. The van der Waals surface area contributed by atoms with Crippen molar-refractivity contribution in [2.24, 2.45) is 16.8 Å². The van der Waals surface area contributed by atoms with Gasteiger partial charge in [-0.3, -0.25) is 0 Å². The fraction of sp³-hybridized carbons (Fsp3) is 0.462. The van der Waals surface area contributed by atoms with Gasteiger partial charge in [-0.2, -0.15) is 11.8 Å². The minimum atomic E-state index is -0.382. The van der Waals surface area contributed by atoms with Crippen LogP contribution >= 0.6 is 11.8 Å². The predicted octanol–water partition coefficient (Wildman–Crippen LogP) is 3.20. The maximum Gasteiger partial charge on any atom is 0.170 e. The number of oxime groups is 1. The lowest BCUT2D eigenvalue weighted by molar-refractivity contribution is 0.318. The highest BCUT2D eigenvalue weighted by Crippen LogP contribution is 2.20. The quantitative estimate of drug-likeness (QED) is 0.361. The normalized spacial score (nSPS) is 13.6. The molecular formula is C13H19FN2OS. The van der Waals surface area contributed by atoms with Crippen LogP contribution in [0.25, 0.3) is 0 Å². The van der Waals surface area contributed by atoms with Crippen molar-refractivity contribution in [3.05, 3.63) is 35.1 Å².